The molecule has 3 rings (SSSR count). The lowest BCUT2D eigenvalue weighted by molar-refractivity contribution is 0.102. The zero-order valence-electron chi connectivity index (χ0n) is 16.4. The number of benzene rings is 2. The van der Waals surface area contributed by atoms with Crippen molar-refractivity contribution in [1.82, 2.24) is 4.90 Å². The Hall–Kier alpha value is -2.57. The monoisotopic (exact) mass is 383 g/mol. The van der Waals surface area contributed by atoms with Crippen molar-refractivity contribution in [3.63, 3.8) is 0 Å². The van der Waals surface area contributed by atoms with Crippen LogP contribution >= 0.6 is 0 Å². The fourth-order valence-corrected chi connectivity index (χ4v) is 3.38. The molecule has 6 heteroatoms. The third-order valence-corrected chi connectivity index (χ3v) is 4.93. The molecule has 150 valence electrons. The average Bonchev–Trinajstić information content (AvgIpc) is 2.73. The molecule has 1 amide bonds. The van der Waals surface area contributed by atoms with Gasteiger partial charge in [0.25, 0.3) is 5.91 Å². The first-order valence-corrected chi connectivity index (χ1v) is 9.84. The summed E-state index contributed by atoms with van der Waals surface area (Å²) in [5.74, 6) is 0.519. The van der Waals surface area contributed by atoms with Crippen LogP contribution in [0, 0.1) is 0 Å². The van der Waals surface area contributed by atoms with E-state index in [2.05, 4.69) is 15.5 Å². The number of aliphatic hydroxyl groups is 1. The number of aliphatic hydroxyl groups excluding tert-OH is 1. The Bertz CT molecular complexity index is 758. The number of methoxy groups -OCH3 is 1. The summed E-state index contributed by atoms with van der Waals surface area (Å²) in [6, 6.07) is 14.5. The van der Waals surface area contributed by atoms with Crippen LogP contribution in [-0.4, -0.2) is 55.3 Å². The van der Waals surface area contributed by atoms with Crippen molar-refractivity contribution in [1.29, 1.82) is 0 Å². The van der Waals surface area contributed by atoms with E-state index >= 15 is 0 Å². The second kappa shape index (κ2) is 10.1. The van der Waals surface area contributed by atoms with Crippen molar-refractivity contribution in [2.75, 3.05) is 43.9 Å². The second-order valence-corrected chi connectivity index (χ2v) is 7.16. The quantitative estimate of drug-likeness (QED) is 0.653. The third-order valence-electron chi connectivity index (χ3n) is 4.93. The predicted octanol–water partition coefficient (Wildman–Crippen LogP) is 3.21. The van der Waals surface area contributed by atoms with Crippen LogP contribution in [0.2, 0.25) is 0 Å². The first-order chi connectivity index (χ1) is 13.6. The van der Waals surface area contributed by atoms with Crippen LogP contribution in [0.4, 0.5) is 11.4 Å². The molecular weight excluding hydrogens is 354 g/mol. The topological polar surface area (TPSA) is 73.8 Å². The zero-order valence-corrected chi connectivity index (χ0v) is 16.4. The minimum absolute atomic E-state index is 0.176. The molecular formula is C22H29N3O3. The molecule has 0 aromatic heterocycles. The van der Waals surface area contributed by atoms with Crippen LogP contribution in [0.3, 0.4) is 0 Å². The SMILES string of the molecule is COc1cccc(NC(=O)c2ccc(NCC(O)CN3CCCCC3)cc2)c1. The van der Waals surface area contributed by atoms with E-state index in [0.29, 0.717) is 30.1 Å². The number of piperidine rings is 1. The highest BCUT2D eigenvalue weighted by Gasteiger charge is 2.14. The zero-order chi connectivity index (χ0) is 19.8. The third kappa shape index (κ3) is 5.97. The lowest BCUT2D eigenvalue weighted by Crippen LogP contribution is -2.39. The predicted molar refractivity (Wildman–Crippen MR) is 112 cm³/mol. The smallest absolute Gasteiger partial charge is 0.255 e. The summed E-state index contributed by atoms with van der Waals surface area (Å²) in [6.07, 6.45) is 3.33. The van der Waals surface area contributed by atoms with Gasteiger partial charge in [-0.25, -0.2) is 0 Å². The van der Waals surface area contributed by atoms with Crippen molar-refractivity contribution in [2.45, 2.75) is 25.4 Å². The van der Waals surface area contributed by atoms with Crippen LogP contribution in [-0.2, 0) is 0 Å². The molecule has 2 aromatic rings. The first-order valence-electron chi connectivity index (χ1n) is 9.84. The Morgan fingerprint density at radius 3 is 2.57 bits per heavy atom. The van der Waals surface area contributed by atoms with Crippen molar-refractivity contribution >= 4 is 17.3 Å². The average molecular weight is 383 g/mol. The lowest BCUT2D eigenvalue weighted by atomic mass is 10.1. The summed E-state index contributed by atoms with van der Waals surface area (Å²) < 4.78 is 5.17. The number of nitrogens with one attached hydrogen (secondary N) is 2. The van der Waals surface area contributed by atoms with Crippen molar-refractivity contribution in [3.8, 4) is 5.75 Å². The molecule has 0 radical (unpaired) electrons. The largest absolute Gasteiger partial charge is 0.497 e. The normalized spacial score (nSPS) is 15.6. The molecule has 1 heterocycles. The number of amides is 1. The van der Waals surface area contributed by atoms with Crippen LogP contribution in [0.15, 0.2) is 48.5 Å². The van der Waals surface area contributed by atoms with E-state index in [1.165, 1.54) is 19.3 Å². The Balaban J connectivity index is 1.47. The number of nitrogens with zero attached hydrogens (tertiary/aromatic N) is 1. The van der Waals surface area contributed by atoms with Crippen LogP contribution < -0.4 is 15.4 Å². The van der Waals surface area contributed by atoms with Gasteiger partial charge in [-0.3, -0.25) is 4.79 Å². The first kappa shape index (κ1) is 20.2. The molecule has 1 saturated heterocycles. The maximum Gasteiger partial charge on any atom is 0.255 e. The maximum atomic E-state index is 12.4. The Kier molecular flexibility index (Phi) is 7.28. The standard InChI is InChI=1S/C22H29N3O3/c1-28-21-7-5-6-19(14-21)24-22(27)17-8-10-18(11-9-17)23-15-20(26)16-25-12-3-2-4-13-25/h5-11,14,20,23,26H,2-4,12-13,15-16H2,1H3,(H,24,27). The van der Waals surface area contributed by atoms with Gasteiger partial charge in [0.1, 0.15) is 5.75 Å². The molecule has 0 saturated carbocycles. The highest BCUT2D eigenvalue weighted by atomic mass is 16.5. The Morgan fingerprint density at radius 1 is 1.11 bits per heavy atom. The van der Waals surface area contributed by atoms with E-state index in [1.54, 1.807) is 25.3 Å². The molecule has 0 bridgehead atoms. The molecule has 1 atom stereocenters. The molecule has 1 aliphatic rings. The van der Waals surface area contributed by atoms with Gasteiger partial charge >= 0.3 is 0 Å². The van der Waals surface area contributed by atoms with Gasteiger partial charge in [-0.05, 0) is 62.3 Å². The summed E-state index contributed by atoms with van der Waals surface area (Å²) in [5, 5.41) is 16.3. The van der Waals surface area contributed by atoms with E-state index in [1.807, 2.05) is 30.3 Å². The van der Waals surface area contributed by atoms with E-state index in [4.69, 9.17) is 4.74 Å². The minimum atomic E-state index is -0.408. The number of ether oxygens (including phenoxy) is 1. The van der Waals surface area contributed by atoms with E-state index in [9.17, 15) is 9.90 Å². The number of likely N-dealkylation sites (tertiary alicyclic amines) is 1. The van der Waals surface area contributed by atoms with E-state index < -0.39 is 6.10 Å². The van der Waals surface area contributed by atoms with Crippen molar-refractivity contribution < 1.29 is 14.6 Å². The summed E-state index contributed by atoms with van der Waals surface area (Å²) in [4.78, 5) is 14.7. The van der Waals surface area contributed by atoms with Gasteiger partial charge in [-0.1, -0.05) is 12.5 Å². The van der Waals surface area contributed by atoms with Crippen molar-refractivity contribution in [3.05, 3.63) is 54.1 Å². The van der Waals surface area contributed by atoms with Crippen LogP contribution in [0.25, 0.3) is 0 Å². The molecule has 1 aliphatic heterocycles. The van der Waals surface area contributed by atoms with Gasteiger partial charge in [-0.15, -0.1) is 0 Å². The molecule has 1 fully saturated rings. The Labute approximate surface area is 166 Å². The number of hydrogen-bond donors (Lipinski definition) is 3. The molecule has 0 aliphatic carbocycles. The summed E-state index contributed by atoms with van der Waals surface area (Å²) in [5.41, 5.74) is 2.14. The number of carbonyl (C=O) groups is 1. The van der Waals surface area contributed by atoms with Gasteiger partial charge < -0.3 is 25.4 Å². The number of β-amino-alcohol motifs (C(OH)–C–C–N with tert-alkyl or cyclic N) is 1. The molecule has 0 spiro atoms. The van der Waals surface area contributed by atoms with Gasteiger partial charge in [0.2, 0.25) is 0 Å². The fraction of sp³-hybridized carbons (Fsp3) is 0.409. The number of hydrogen-bond acceptors (Lipinski definition) is 5. The van der Waals surface area contributed by atoms with Crippen molar-refractivity contribution in [2.24, 2.45) is 0 Å². The molecule has 2 aromatic carbocycles. The number of anilines is 2. The number of carbonyl (C=O) groups excluding carboxylic acids is 1. The van der Waals surface area contributed by atoms with Crippen LogP contribution in [0.1, 0.15) is 29.6 Å². The highest BCUT2D eigenvalue weighted by molar-refractivity contribution is 6.04. The Morgan fingerprint density at radius 2 is 1.86 bits per heavy atom. The minimum Gasteiger partial charge on any atom is -0.497 e. The van der Waals surface area contributed by atoms with Gasteiger partial charge in [0.05, 0.1) is 13.2 Å². The molecule has 6 nitrogen and oxygen atoms in total. The molecule has 28 heavy (non-hydrogen) atoms. The summed E-state index contributed by atoms with van der Waals surface area (Å²) in [7, 11) is 1.59. The summed E-state index contributed by atoms with van der Waals surface area (Å²) >= 11 is 0. The highest BCUT2D eigenvalue weighted by Crippen LogP contribution is 2.18. The lowest BCUT2D eigenvalue weighted by Gasteiger charge is -2.28. The summed E-state index contributed by atoms with van der Waals surface area (Å²) in [6.45, 7) is 3.35. The van der Waals surface area contributed by atoms with Gasteiger partial charge in [-0.2, -0.15) is 0 Å². The van der Waals surface area contributed by atoms with Gasteiger partial charge in [0.15, 0.2) is 0 Å². The maximum absolute atomic E-state index is 12.4. The number of rotatable bonds is 8. The van der Waals surface area contributed by atoms with Crippen LogP contribution in [0.5, 0.6) is 5.75 Å². The van der Waals surface area contributed by atoms with Gasteiger partial charge in [0, 0.05) is 36.1 Å². The fourth-order valence-electron chi connectivity index (χ4n) is 3.38. The van der Waals surface area contributed by atoms with E-state index in [-0.39, 0.29) is 5.91 Å². The molecule has 1 unspecified atom stereocenters. The van der Waals surface area contributed by atoms with E-state index in [0.717, 1.165) is 18.8 Å². The molecule has 3 N–H and O–H groups in total. The second-order valence-electron chi connectivity index (χ2n) is 7.16.